The van der Waals surface area contributed by atoms with Crippen LogP contribution in [0.2, 0.25) is 15.1 Å². The van der Waals surface area contributed by atoms with Gasteiger partial charge in [0, 0.05) is 5.02 Å². The van der Waals surface area contributed by atoms with Gasteiger partial charge in [-0.15, -0.1) is 0 Å². The number of halogens is 3. The van der Waals surface area contributed by atoms with Crippen LogP contribution in [0.5, 0.6) is 11.5 Å². The maximum Gasteiger partial charge on any atom is 0.459 e. The summed E-state index contributed by atoms with van der Waals surface area (Å²) in [5.74, 6) is -0.161. The molecule has 0 aliphatic heterocycles. The van der Waals surface area contributed by atoms with Gasteiger partial charge in [-0.2, -0.15) is 0 Å². The minimum absolute atomic E-state index is 0.00547. The van der Waals surface area contributed by atoms with Crippen molar-refractivity contribution in [1.29, 1.82) is 0 Å². The number of hydrogen-bond donors (Lipinski definition) is 0. The fourth-order valence-corrected chi connectivity index (χ4v) is 5.26. The van der Waals surface area contributed by atoms with Crippen LogP contribution < -0.4 is 14.8 Å². The second-order valence-electron chi connectivity index (χ2n) is 6.23. The zero-order valence-corrected chi connectivity index (χ0v) is 19.5. The van der Waals surface area contributed by atoms with Gasteiger partial charge >= 0.3 is 13.3 Å². The van der Waals surface area contributed by atoms with Crippen molar-refractivity contribution in [3.8, 4) is 11.5 Å². The van der Waals surface area contributed by atoms with Crippen molar-refractivity contribution in [3.63, 3.8) is 0 Å². The molecule has 0 heterocycles. The van der Waals surface area contributed by atoms with Crippen LogP contribution in [0.25, 0.3) is 0 Å². The smallest absolute Gasteiger partial charge is 0.459 e. The number of rotatable bonds is 7. The third kappa shape index (κ3) is 4.60. The van der Waals surface area contributed by atoms with Gasteiger partial charge in [-0.3, -0.25) is 4.79 Å². The maximum absolute atomic E-state index is 13.3. The molecule has 0 bridgehead atoms. The van der Waals surface area contributed by atoms with Gasteiger partial charge in [0.1, 0.15) is 11.5 Å². The van der Waals surface area contributed by atoms with E-state index in [-0.39, 0.29) is 48.6 Å². The molecule has 0 N–H and O–H groups in total. The standard InChI is InChI=1S/C22H15Cl3O5P/c1-29-16-7-5-8-17(30-2)20(16)22(27)31(28)18-9-4-3-6-13(18)21(26)19-14(24)10-12(23)11-15(19)25/h3-11H,1-2H3/q+1. The van der Waals surface area contributed by atoms with Gasteiger partial charge < -0.3 is 9.47 Å². The third-order valence-corrected chi connectivity index (χ3v) is 6.66. The number of benzene rings is 3. The predicted octanol–water partition coefficient (Wildman–Crippen LogP) is 6.19. The van der Waals surface area contributed by atoms with Gasteiger partial charge in [0.2, 0.25) is 11.1 Å². The van der Waals surface area contributed by atoms with Gasteiger partial charge in [0.25, 0.3) is 0 Å². The Morgan fingerprint density at radius 3 is 1.90 bits per heavy atom. The molecule has 1 unspecified atom stereocenters. The third-order valence-electron chi connectivity index (χ3n) is 4.43. The van der Waals surface area contributed by atoms with Crippen LogP contribution in [-0.4, -0.2) is 25.5 Å². The minimum atomic E-state index is -2.71. The molecule has 0 aliphatic rings. The predicted molar refractivity (Wildman–Crippen MR) is 122 cm³/mol. The molecule has 0 fully saturated rings. The number of methoxy groups -OCH3 is 2. The normalized spacial score (nSPS) is 11.1. The van der Waals surface area contributed by atoms with Crippen molar-refractivity contribution >= 4 is 59.2 Å². The van der Waals surface area contributed by atoms with Crippen LogP contribution in [-0.2, 0) is 4.57 Å². The van der Waals surface area contributed by atoms with Crippen LogP contribution in [0.15, 0.2) is 54.6 Å². The average Bonchev–Trinajstić information content (AvgIpc) is 2.76. The molecule has 3 rings (SSSR count). The number of hydrogen-bond acceptors (Lipinski definition) is 5. The first kappa shape index (κ1) is 23.2. The number of ether oxygens (including phenoxy) is 2. The van der Waals surface area contributed by atoms with Crippen LogP contribution in [0, 0.1) is 0 Å². The molecule has 3 aromatic carbocycles. The molecule has 0 saturated heterocycles. The summed E-state index contributed by atoms with van der Waals surface area (Å²) in [6.07, 6.45) is 0. The zero-order chi connectivity index (χ0) is 22.7. The van der Waals surface area contributed by atoms with Crippen molar-refractivity contribution in [1.82, 2.24) is 0 Å². The Morgan fingerprint density at radius 1 is 0.806 bits per heavy atom. The van der Waals surface area contributed by atoms with Gasteiger partial charge in [-0.25, -0.2) is 4.79 Å². The van der Waals surface area contributed by atoms with Gasteiger partial charge in [-0.1, -0.05) is 57.6 Å². The van der Waals surface area contributed by atoms with Crippen LogP contribution in [0.1, 0.15) is 26.3 Å². The summed E-state index contributed by atoms with van der Waals surface area (Å²) in [4.78, 5) is 26.4. The van der Waals surface area contributed by atoms with E-state index in [9.17, 15) is 14.2 Å². The summed E-state index contributed by atoms with van der Waals surface area (Å²) in [6, 6.07) is 13.6. The molecule has 0 radical (unpaired) electrons. The summed E-state index contributed by atoms with van der Waals surface area (Å²) < 4.78 is 23.8. The van der Waals surface area contributed by atoms with Gasteiger partial charge in [0.15, 0.2) is 5.56 Å². The van der Waals surface area contributed by atoms with Crippen molar-refractivity contribution in [2.75, 3.05) is 14.2 Å². The van der Waals surface area contributed by atoms with E-state index in [4.69, 9.17) is 44.3 Å². The monoisotopic (exact) mass is 495 g/mol. The van der Waals surface area contributed by atoms with E-state index in [0.717, 1.165) is 0 Å². The lowest BCUT2D eigenvalue weighted by Crippen LogP contribution is -2.17. The Kier molecular flexibility index (Phi) is 7.34. The molecule has 3 aromatic rings. The van der Waals surface area contributed by atoms with E-state index in [2.05, 4.69) is 0 Å². The Bertz CT molecular complexity index is 1160. The average molecular weight is 497 g/mol. The fourth-order valence-electron chi connectivity index (χ4n) is 3.01. The topological polar surface area (TPSA) is 69.7 Å². The molecule has 0 aliphatic carbocycles. The van der Waals surface area contributed by atoms with Crippen molar-refractivity contribution in [3.05, 3.63) is 86.4 Å². The molecule has 5 nitrogen and oxygen atoms in total. The maximum atomic E-state index is 13.3. The Balaban J connectivity index is 2.11. The summed E-state index contributed by atoms with van der Waals surface area (Å²) in [7, 11) is 0.0709. The molecule has 0 amide bonds. The Hall–Kier alpha value is -2.43. The molecule has 0 aromatic heterocycles. The number of ketones is 1. The van der Waals surface area contributed by atoms with Gasteiger partial charge in [-0.05, 0) is 36.4 Å². The Morgan fingerprint density at radius 2 is 1.35 bits per heavy atom. The first-order chi connectivity index (χ1) is 14.8. The fraction of sp³-hybridized carbons (Fsp3) is 0.0909. The van der Waals surface area contributed by atoms with Crippen LogP contribution in [0.4, 0.5) is 0 Å². The van der Waals surface area contributed by atoms with Crippen molar-refractivity contribution in [2.45, 2.75) is 0 Å². The molecule has 9 heteroatoms. The second kappa shape index (κ2) is 9.80. The van der Waals surface area contributed by atoms with E-state index in [1.807, 2.05) is 0 Å². The summed E-state index contributed by atoms with van der Waals surface area (Å²) in [5, 5.41) is 0.405. The SMILES string of the molecule is COc1cccc(OC)c1C(=O)[P+](=O)c1ccccc1C(=O)c1c(Cl)cc(Cl)cc1Cl. The van der Waals surface area contributed by atoms with Gasteiger partial charge in [0.05, 0.1) is 35.4 Å². The highest BCUT2D eigenvalue weighted by Crippen LogP contribution is 2.38. The number of carbonyl (C=O) groups excluding carboxylic acids is 2. The summed E-state index contributed by atoms with van der Waals surface area (Å²) in [6.45, 7) is 0. The highest BCUT2D eigenvalue weighted by Gasteiger charge is 2.40. The first-order valence-electron chi connectivity index (χ1n) is 8.81. The van der Waals surface area contributed by atoms with Crippen LogP contribution >= 0.6 is 42.6 Å². The Labute approximate surface area is 194 Å². The van der Waals surface area contributed by atoms with Crippen molar-refractivity contribution < 1.29 is 23.6 Å². The number of carbonyl (C=O) groups is 2. The molecular weight excluding hydrogens is 482 g/mol. The molecule has 1 atom stereocenters. The second-order valence-corrected chi connectivity index (χ2v) is 8.96. The lowest BCUT2D eigenvalue weighted by atomic mass is 10.0. The van der Waals surface area contributed by atoms with E-state index in [0.29, 0.717) is 0 Å². The van der Waals surface area contributed by atoms with Crippen molar-refractivity contribution in [2.24, 2.45) is 0 Å². The first-order valence-corrected chi connectivity index (χ1v) is 11.2. The molecule has 31 heavy (non-hydrogen) atoms. The highest BCUT2D eigenvalue weighted by molar-refractivity contribution is 7.71. The van der Waals surface area contributed by atoms with E-state index in [1.165, 1.54) is 38.5 Å². The lowest BCUT2D eigenvalue weighted by molar-refractivity contribution is 0.103. The zero-order valence-electron chi connectivity index (χ0n) is 16.3. The molecule has 0 spiro atoms. The van der Waals surface area contributed by atoms with Crippen LogP contribution in [0.3, 0.4) is 0 Å². The molecular formula is C22H15Cl3O5P+. The van der Waals surface area contributed by atoms with E-state index >= 15 is 0 Å². The minimum Gasteiger partial charge on any atom is -0.496 e. The summed E-state index contributed by atoms with van der Waals surface area (Å²) in [5.41, 5.74) is -0.667. The largest absolute Gasteiger partial charge is 0.496 e. The summed E-state index contributed by atoms with van der Waals surface area (Å²) >= 11 is 18.3. The highest BCUT2D eigenvalue weighted by atomic mass is 35.5. The van der Waals surface area contributed by atoms with E-state index in [1.54, 1.807) is 30.3 Å². The molecule has 158 valence electrons. The lowest BCUT2D eigenvalue weighted by Gasteiger charge is -2.09. The quantitative estimate of drug-likeness (QED) is 0.288. The van der Waals surface area contributed by atoms with E-state index < -0.39 is 19.1 Å². The molecule has 0 saturated carbocycles.